The van der Waals surface area contributed by atoms with Gasteiger partial charge < -0.3 is 10.1 Å². The highest BCUT2D eigenvalue weighted by atomic mass is 16.5. The van der Waals surface area contributed by atoms with Crippen molar-refractivity contribution >= 4 is 17.3 Å². The molecular formula is C20H20N4O3. The van der Waals surface area contributed by atoms with E-state index in [-0.39, 0.29) is 12.0 Å². The Bertz CT molecular complexity index is 985. The largest absolute Gasteiger partial charge is 0.469 e. The molecule has 0 fully saturated rings. The van der Waals surface area contributed by atoms with Gasteiger partial charge in [0.15, 0.2) is 0 Å². The normalized spacial score (nSPS) is 10.4. The van der Waals surface area contributed by atoms with Gasteiger partial charge in [-0.2, -0.15) is 5.10 Å². The maximum Gasteiger partial charge on any atom is 0.310 e. The number of esters is 1. The van der Waals surface area contributed by atoms with Crippen LogP contribution < -0.4 is 10.9 Å². The van der Waals surface area contributed by atoms with Gasteiger partial charge in [-0.1, -0.05) is 30.3 Å². The third-order valence-electron chi connectivity index (χ3n) is 4.08. The van der Waals surface area contributed by atoms with Crippen LogP contribution in [-0.2, 0) is 22.5 Å². The molecule has 3 rings (SSSR count). The number of aryl methyl sites for hydroxylation is 1. The molecule has 0 aliphatic carbocycles. The fourth-order valence-electron chi connectivity index (χ4n) is 2.74. The number of carbonyl (C=O) groups excluding carboxylic acids is 1. The second kappa shape index (κ2) is 8.27. The highest BCUT2D eigenvalue weighted by Gasteiger charge is 2.21. The van der Waals surface area contributed by atoms with Crippen molar-refractivity contribution < 1.29 is 9.53 Å². The third kappa shape index (κ3) is 4.03. The van der Waals surface area contributed by atoms with E-state index in [1.165, 1.54) is 11.8 Å². The van der Waals surface area contributed by atoms with Crippen LogP contribution in [-0.4, -0.2) is 27.8 Å². The van der Waals surface area contributed by atoms with Gasteiger partial charge in [0.25, 0.3) is 5.56 Å². The van der Waals surface area contributed by atoms with Crippen LogP contribution in [0.15, 0.2) is 59.7 Å². The fraction of sp³-hybridized carbons (Fsp3) is 0.200. The summed E-state index contributed by atoms with van der Waals surface area (Å²) in [5.74, 6) is -0.447. The van der Waals surface area contributed by atoms with Gasteiger partial charge in [-0.3, -0.25) is 14.6 Å². The average molecular weight is 364 g/mol. The number of rotatable bonds is 6. The van der Waals surface area contributed by atoms with E-state index in [4.69, 9.17) is 4.74 Å². The first kappa shape index (κ1) is 18.3. The van der Waals surface area contributed by atoms with Crippen LogP contribution in [0.4, 0.5) is 11.4 Å². The van der Waals surface area contributed by atoms with Gasteiger partial charge in [0.1, 0.15) is 5.69 Å². The lowest BCUT2D eigenvalue weighted by atomic mass is 10.0. The molecule has 0 unspecified atom stereocenters. The molecule has 7 heteroatoms. The Kier molecular flexibility index (Phi) is 5.61. The molecule has 27 heavy (non-hydrogen) atoms. The standard InChI is InChI=1S/C20H20N4O3/c1-3-24-20(26)19(22-15-10-7-11-21-13-15)16(12-17(25)27-2)18(23-24)14-8-5-4-6-9-14/h4-11,13,22H,3,12H2,1-2H3. The topological polar surface area (TPSA) is 86.1 Å². The van der Waals surface area contributed by atoms with Crippen molar-refractivity contribution in [3.05, 3.63) is 70.8 Å². The number of nitrogens with zero attached hydrogens (tertiary/aromatic N) is 3. The summed E-state index contributed by atoms with van der Waals surface area (Å²) in [5, 5.41) is 7.60. The van der Waals surface area contributed by atoms with E-state index in [1.54, 1.807) is 24.5 Å². The zero-order valence-corrected chi connectivity index (χ0v) is 15.2. The van der Waals surface area contributed by atoms with Crippen LogP contribution in [0.25, 0.3) is 11.3 Å². The van der Waals surface area contributed by atoms with Gasteiger partial charge in [0.05, 0.1) is 31.1 Å². The van der Waals surface area contributed by atoms with E-state index >= 15 is 0 Å². The predicted octanol–water partition coefficient (Wildman–Crippen LogP) is 2.78. The summed E-state index contributed by atoms with van der Waals surface area (Å²) >= 11 is 0. The summed E-state index contributed by atoms with van der Waals surface area (Å²) in [6.45, 7) is 2.25. The maximum atomic E-state index is 12.9. The van der Waals surface area contributed by atoms with Gasteiger partial charge in [-0.15, -0.1) is 0 Å². The van der Waals surface area contributed by atoms with E-state index in [0.29, 0.717) is 29.2 Å². The van der Waals surface area contributed by atoms with Crippen LogP contribution in [0.1, 0.15) is 12.5 Å². The van der Waals surface area contributed by atoms with Crippen molar-refractivity contribution in [2.75, 3.05) is 12.4 Å². The van der Waals surface area contributed by atoms with Crippen LogP contribution >= 0.6 is 0 Å². The number of methoxy groups -OCH3 is 1. The summed E-state index contributed by atoms with van der Waals surface area (Å²) in [6.07, 6.45) is 3.18. The first-order chi connectivity index (χ1) is 13.1. The number of benzene rings is 1. The number of nitrogens with one attached hydrogen (secondary N) is 1. The highest BCUT2D eigenvalue weighted by molar-refractivity contribution is 5.81. The molecule has 0 aliphatic rings. The maximum absolute atomic E-state index is 12.9. The van der Waals surface area contributed by atoms with E-state index < -0.39 is 5.97 Å². The second-order valence-electron chi connectivity index (χ2n) is 5.81. The minimum absolute atomic E-state index is 0.0733. The van der Waals surface area contributed by atoms with Gasteiger partial charge in [0.2, 0.25) is 0 Å². The molecule has 0 amide bonds. The van der Waals surface area contributed by atoms with Crippen LogP contribution in [0.5, 0.6) is 0 Å². The quantitative estimate of drug-likeness (QED) is 0.677. The third-order valence-corrected chi connectivity index (χ3v) is 4.08. The molecule has 0 radical (unpaired) electrons. The number of anilines is 2. The Labute approximate surface area is 156 Å². The Morgan fingerprint density at radius 2 is 1.96 bits per heavy atom. The molecule has 0 aliphatic heterocycles. The molecule has 1 N–H and O–H groups in total. The van der Waals surface area contributed by atoms with Crippen molar-refractivity contribution in [2.45, 2.75) is 19.9 Å². The number of hydrogen-bond donors (Lipinski definition) is 1. The Morgan fingerprint density at radius 1 is 1.19 bits per heavy atom. The van der Waals surface area contributed by atoms with Crippen LogP contribution in [0, 0.1) is 0 Å². The lowest BCUT2D eigenvalue weighted by Gasteiger charge is -2.17. The van der Waals surface area contributed by atoms with E-state index in [9.17, 15) is 9.59 Å². The Morgan fingerprint density at radius 3 is 2.59 bits per heavy atom. The van der Waals surface area contributed by atoms with Gasteiger partial charge in [0, 0.05) is 23.9 Å². The van der Waals surface area contributed by atoms with Crippen molar-refractivity contribution in [1.29, 1.82) is 0 Å². The zero-order chi connectivity index (χ0) is 19.2. The van der Waals surface area contributed by atoms with Crippen molar-refractivity contribution in [3.63, 3.8) is 0 Å². The number of carbonyl (C=O) groups is 1. The fourth-order valence-corrected chi connectivity index (χ4v) is 2.74. The van der Waals surface area contributed by atoms with Crippen LogP contribution in [0.2, 0.25) is 0 Å². The summed E-state index contributed by atoms with van der Waals surface area (Å²) in [7, 11) is 1.32. The number of ether oxygens (including phenoxy) is 1. The second-order valence-corrected chi connectivity index (χ2v) is 5.81. The Balaban J connectivity index is 2.24. The van der Waals surface area contributed by atoms with Crippen molar-refractivity contribution in [3.8, 4) is 11.3 Å². The van der Waals surface area contributed by atoms with Crippen molar-refractivity contribution in [2.24, 2.45) is 0 Å². The average Bonchev–Trinajstić information content (AvgIpc) is 2.72. The molecule has 0 spiro atoms. The smallest absolute Gasteiger partial charge is 0.310 e. The van der Waals surface area contributed by atoms with Gasteiger partial charge in [-0.25, -0.2) is 4.68 Å². The first-order valence-corrected chi connectivity index (χ1v) is 8.57. The molecule has 2 aromatic heterocycles. The number of aromatic nitrogens is 3. The summed E-state index contributed by atoms with van der Waals surface area (Å²) in [6, 6.07) is 13.0. The summed E-state index contributed by atoms with van der Waals surface area (Å²) in [5.41, 5.74) is 2.51. The molecule has 1 aromatic carbocycles. The molecular weight excluding hydrogens is 344 g/mol. The molecule has 3 aromatic rings. The number of hydrogen-bond acceptors (Lipinski definition) is 6. The molecule has 0 bridgehead atoms. The molecule has 0 saturated carbocycles. The molecule has 2 heterocycles. The monoisotopic (exact) mass is 364 g/mol. The van der Waals surface area contributed by atoms with Gasteiger partial charge in [-0.05, 0) is 19.1 Å². The van der Waals surface area contributed by atoms with Crippen molar-refractivity contribution in [1.82, 2.24) is 14.8 Å². The molecule has 138 valence electrons. The molecule has 7 nitrogen and oxygen atoms in total. The first-order valence-electron chi connectivity index (χ1n) is 8.57. The highest BCUT2D eigenvalue weighted by Crippen LogP contribution is 2.27. The van der Waals surface area contributed by atoms with Gasteiger partial charge >= 0.3 is 5.97 Å². The lowest BCUT2D eigenvalue weighted by Crippen LogP contribution is -2.28. The zero-order valence-electron chi connectivity index (χ0n) is 15.2. The van der Waals surface area contributed by atoms with E-state index in [2.05, 4.69) is 15.4 Å². The lowest BCUT2D eigenvalue weighted by molar-refractivity contribution is -0.139. The Hall–Kier alpha value is -3.48. The summed E-state index contributed by atoms with van der Waals surface area (Å²) < 4.78 is 6.21. The minimum Gasteiger partial charge on any atom is -0.469 e. The van der Waals surface area contributed by atoms with E-state index in [0.717, 1.165) is 5.56 Å². The SMILES string of the molecule is CCn1nc(-c2ccccc2)c(CC(=O)OC)c(Nc2cccnc2)c1=O. The predicted molar refractivity (Wildman–Crippen MR) is 103 cm³/mol. The number of pyridine rings is 1. The van der Waals surface area contributed by atoms with E-state index in [1.807, 2.05) is 37.3 Å². The molecule has 0 saturated heterocycles. The van der Waals surface area contributed by atoms with Crippen LogP contribution in [0.3, 0.4) is 0 Å². The molecule has 0 atom stereocenters. The summed E-state index contributed by atoms with van der Waals surface area (Å²) in [4.78, 5) is 29.0. The minimum atomic E-state index is -0.447.